The minimum absolute atomic E-state index is 0.0366. The Morgan fingerprint density at radius 1 is 1.22 bits per heavy atom. The Hall–Kier alpha value is -2.84. The van der Waals surface area contributed by atoms with Crippen LogP contribution in [0.5, 0.6) is 0 Å². The maximum absolute atomic E-state index is 13.5. The Labute approximate surface area is 214 Å². The van der Waals surface area contributed by atoms with Gasteiger partial charge in [-0.15, -0.1) is 0 Å². The zero-order valence-electron chi connectivity index (χ0n) is 21.9. The predicted octanol–water partition coefficient (Wildman–Crippen LogP) is 1.88. The molecule has 2 saturated heterocycles. The topological polar surface area (TPSA) is 131 Å². The molecule has 0 spiro atoms. The fraction of sp³-hybridized carbons (Fsp3) is 0.800. The Balaban J connectivity index is 1.80. The number of alkyl halides is 3. The molecule has 9 nitrogen and oxygen atoms in total. The van der Waals surface area contributed by atoms with E-state index in [9.17, 15) is 37.6 Å². The van der Waals surface area contributed by atoms with Crippen LogP contribution >= 0.6 is 0 Å². The summed E-state index contributed by atoms with van der Waals surface area (Å²) in [4.78, 5) is 52.1. The first-order valence-electron chi connectivity index (χ1n) is 12.6. The van der Waals surface area contributed by atoms with Gasteiger partial charge < -0.3 is 20.9 Å². The van der Waals surface area contributed by atoms with Crippen LogP contribution in [0.4, 0.5) is 13.2 Å². The highest BCUT2D eigenvalue weighted by Crippen LogP contribution is 2.65. The van der Waals surface area contributed by atoms with Crippen LogP contribution in [-0.2, 0) is 19.2 Å². The van der Waals surface area contributed by atoms with Gasteiger partial charge in [0.2, 0.25) is 17.7 Å². The number of hydrogen-bond acceptors (Lipinski definition) is 5. The number of fused-ring (bicyclic) bond motifs is 1. The quantitative estimate of drug-likeness (QED) is 0.465. The molecule has 1 aliphatic carbocycles. The van der Waals surface area contributed by atoms with Crippen LogP contribution in [0.1, 0.15) is 60.3 Å². The molecule has 3 rings (SSSR count). The summed E-state index contributed by atoms with van der Waals surface area (Å²) in [6.07, 6.45) is -3.73. The smallest absolute Gasteiger partial charge is 0.356 e. The summed E-state index contributed by atoms with van der Waals surface area (Å²) in [6, 6.07) is -1.41. The van der Waals surface area contributed by atoms with Crippen LogP contribution in [0.3, 0.4) is 0 Å². The summed E-state index contributed by atoms with van der Waals surface area (Å²) in [6.45, 7) is 9.85. The molecule has 4 amide bonds. The van der Waals surface area contributed by atoms with Crippen LogP contribution in [0, 0.1) is 39.9 Å². The molecular weight excluding hydrogens is 491 g/mol. The van der Waals surface area contributed by atoms with Crippen LogP contribution in [0.2, 0.25) is 0 Å². The predicted molar refractivity (Wildman–Crippen MR) is 126 cm³/mol. The van der Waals surface area contributed by atoms with Crippen molar-refractivity contribution >= 4 is 23.6 Å². The number of likely N-dealkylation sites (tertiary alicyclic amines) is 1. The van der Waals surface area contributed by atoms with Gasteiger partial charge in [-0.3, -0.25) is 19.2 Å². The molecule has 3 N–H and O–H groups in total. The molecule has 3 aliphatic rings. The van der Waals surface area contributed by atoms with E-state index in [2.05, 4.69) is 10.6 Å². The lowest BCUT2D eigenvalue weighted by Gasteiger charge is -2.35. The molecular formula is C25H36F3N5O4. The highest BCUT2D eigenvalue weighted by Gasteiger charge is 2.69. The number of nitrogens with one attached hydrogen (secondary N) is 3. The van der Waals surface area contributed by atoms with Gasteiger partial charge >= 0.3 is 12.1 Å². The van der Waals surface area contributed by atoms with Crippen LogP contribution < -0.4 is 16.0 Å². The van der Waals surface area contributed by atoms with E-state index in [1.165, 1.54) is 4.90 Å². The highest BCUT2D eigenvalue weighted by atomic mass is 19.4. The summed E-state index contributed by atoms with van der Waals surface area (Å²) >= 11 is 0. The summed E-state index contributed by atoms with van der Waals surface area (Å²) in [5, 5.41) is 16.9. The van der Waals surface area contributed by atoms with Crippen molar-refractivity contribution in [3.8, 4) is 6.07 Å². The van der Waals surface area contributed by atoms with Crippen molar-refractivity contribution in [3.05, 3.63) is 0 Å². The fourth-order valence-electron chi connectivity index (χ4n) is 5.81. The average Bonchev–Trinajstić information content (AvgIpc) is 3.11. The van der Waals surface area contributed by atoms with E-state index in [1.807, 2.05) is 25.2 Å². The van der Waals surface area contributed by atoms with Crippen LogP contribution in [0.15, 0.2) is 0 Å². The van der Waals surface area contributed by atoms with E-state index >= 15 is 0 Å². The zero-order chi connectivity index (χ0) is 27.9. The first kappa shape index (κ1) is 28.7. The number of nitrogens with zero attached hydrogens (tertiary/aromatic N) is 2. The molecule has 0 bridgehead atoms. The monoisotopic (exact) mass is 527 g/mol. The third-order valence-corrected chi connectivity index (χ3v) is 7.83. The second kappa shape index (κ2) is 10.1. The standard InChI is InChI=1S/C25H36F3N5O4/c1-23(2,3)10-16(32-22(37)25(26,27)28)21(36)33-12-15-17(24(15,4)5)18(33)20(35)31-14(11-29)9-13-7-6-8-30-19(13)34/h13-18H,6-10,12H2,1-5H3,(H,30,34)(H,31,35)(H,32,37). The summed E-state index contributed by atoms with van der Waals surface area (Å²) in [7, 11) is 0. The second-order valence-corrected chi connectivity index (χ2v) is 12.2. The van der Waals surface area contributed by atoms with Gasteiger partial charge in [-0.2, -0.15) is 18.4 Å². The number of amides is 4. The molecule has 6 unspecified atom stereocenters. The minimum atomic E-state index is -5.16. The van der Waals surface area contributed by atoms with E-state index in [4.69, 9.17) is 0 Å². The van der Waals surface area contributed by atoms with Gasteiger partial charge in [0.25, 0.3) is 0 Å². The molecule has 2 heterocycles. The molecule has 206 valence electrons. The Bertz CT molecular complexity index is 984. The second-order valence-electron chi connectivity index (χ2n) is 12.2. The SMILES string of the molecule is CC(C)(C)CC(NC(=O)C(F)(F)F)C(=O)N1CC2C(C1C(=O)NC(C#N)CC1CCCNC1=O)C2(C)C. The molecule has 6 atom stereocenters. The summed E-state index contributed by atoms with van der Waals surface area (Å²) in [5.74, 6) is -4.41. The average molecular weight is 528 g/mol. The Morgan fingerprint density at radius 2 is 1.86 bits per heavy atom. The number of halogens is 3. The first-order valence-corrected chi connectivity index (χ1v) is 12.6. The van der Waals surface area contributed by atoms with E-state index in [-0.39, 0.29) is 42.5 Å². The third-order valence-electron chi connectivity index (χ3n) is 7.83. The number of carbonyl (C=O) groups is 4. The third kappa shape index (κ3) is 6.36. The normalized spacial score (nSPS) is 28.3. The molecule has 37 heavy (non-hydrogen) atoms. The number of carbonyl (C=O) groups excluding carboxylic acids is 4. The van der Waals surface area contributed by atoms with Crippen LogP contribution in [0.25, 0.3) is 0 Å². The molecule has 0 aromatic heterocycles. The van der Waals surface area contributed by atoms with Crippen molar-refractivity contribution in [1.29, 1.82) is 5.26 Å². The zero-order valence-corrected chi connectivity index (χ0v) is 21.9. The number of rotatable bonds is 7. The van der Waals surface area contributed by atoms with Crippen molar-refractivity contribution in [2.75, 3.05) is 13.1 Å². The van der Waals surface area contributed by atoms with Gasteiger partial charge in [0.05, 0.1) is 6.07 Å². The minimum Gasteiger partial charge on any atom is -0.356 e. The number of piperidine rings is 2. The van der Waals surface area contributed by atoms with Crippen LogP contribution in [-0.4, -0.2) is 65.9 Å². The van der Waals surface area contributed by atoms with Gasteiger partial charge in [0.1, 0.15) is 18.1 Å². The Kier molecular flexibility index (Phi) is 7.87. The van der Waals surface area contributed by atoms with E-state index in [0.717, 1.165) is 6.42 Å². The molecule has 3 fully saturated rings. The number of nitriles is 1. The number of hydrogen-bond donors (Lipinski definition) is 3. The van der Waals surface area contributed by atoms with Crippen molar-refractivity contribution in [1.82, 2.24) is 20.9 Å². The molecule has 0 aromatic rings. The lowest BCUT2D eigenvalue weighted by atomic mass is 9.87. The Morgan fingerprint density at radius 3 is 2.41 bits per heavy atom. The van der Waals surface area contributed by atoms with Crippen molar-refractivity contribution in [3.63, 3.8) is 0 Å². The maximum atomic E-state index is 13.5. The maximum Gasteiger partial charge on any atom is 0.471 e. The van der Waals surface area contributed by atoms with E-state index < -0.39 is 53.4 Å². The molecule has 1 saturated carbocycles. The van der Waals surface area contributed by atoms with Gasteiger partial charge in [-0.1, -0.05) is 34.6 Å². The van der Waals surface area contributed by atoms with Gasteiger partial charge in [0.15, 0.2) is 0 Å². The first-order chi connectivity index (χ1) is 17.0. The largest absolute Gasteiger partial charge is 0.471 e. The lowest BCUT2D eigenvalue weighted by Crippen LogP contribution is -2.58. The lowest BCUT2D eigenvalue weighted by molar-refractivity contribution is -0.175. The molecule has 2 aliphatic heterocycles. The highest BCUT2D eigenvalue weighted by molar-refractivity contribution is 5.94. The van der Waals surface area contributed by atoms with Gasteiger partial charge in [-0.25, -0.2) is 0 Å². The van der Waals surface area contributed by atoms with Gasteiger partial charge in [-0.05, 0) is 48.3 Å². The summed E-state index contributed by atoms with van der Waals surface area (Å²) in [5.41, 5.74) is -0.857. The molecule has 12 heteroatoms. The van der Waals surface area contributed by atoms with Gasteiger partial charge in [0, 0.05) is 19.0 Å². The fourth-order valence-corrected chi connectivity index (χ4v) is 5.81. The van der Waals surface area contributed by atoms with E-state index in [1.54, 1.807) is 20.8 Å². The van der Waals surface area contributed by atoms with Crippen molar-refractivity contribution < 1.29 is 32.3 Å². The van der Waals surface area contributed by atoms with Crippen molar-refractivity contribution in [2.24, 2.45) is 28.6 Å². The van der Waals surface area contributed by atoms with E-state index in [0.29, 0.717) is 13.0 Å². The molecule has 0 radical (unpaired) electrons. The molecule has 0 aromatic carbocycles. The summed E-state index contributed by atoms with van der Waals surface area (Å²) < 4.78 is 39.0. The van der Waals surface area contributed by atoms with Crippen molar-refractivity contribution in [2.45, 2.75) is 84.6 Å².